The fourth-order valence-corrected chi connectivity index (χ4v) is 3.54. The maximum absolute atomic E-state index is 13.2. The molecule has 28 heavy (non-hydrogen) atoms. The van der Waals surface area contributed by atoms with E-state index in [0.717, 1.165) is 17.7 Å². The summed E-state index contributed by atoms with van der Waals surface area (Å²) < 4.78 is 26.1. The predicted molar refractivity (Wildman–Crippen MR) is 105 cm³/mol. The lowest BCUT2D eigenvalue weighted by Gasteiger charge is -2.07. The molecule has 0 spiro atoms. The summed E-state index contributed by atoms with van der Waals surface area (Å²) in [5.74, 6) is -3.11. The van der Waals surface area contributed by atoms with Crippen molar-refractivity contribution in [2.75, 3.05) is 11.9 Å². The Hall–Kier alpha value is -2.84. The fraction of sp³-hybridized carbons (Fsp3) is 0.105. The molecule has 1 aromatic heterocycles. The number of amides is 2. The van der Waals surface area contributed by atoms with Crippen LogP contribution in [0.15, 0.2) is 42.5 Å². The number of hydrogen-bond donors (Lipinski definition) is 2. The first-order valence-corrected chi connectivity index (χ1v) is 9.29. The molecule has 0 saturated heterocycles. The molecule has 0 saturated carbocycles. The summed E-state index contributed by atoms with van der Waals surface area (Å²) >= 11 is 7.17. The van der Waals surface area contributed by atoms with Crippen LogP contribution in [-0.2, 0) is 4.79 Å². The van der Waals surface area contributed by atoms with Gasteiger partial charge in [-0.2, -0.15) is 0 Å². The maximum Gasteiger partial charge on any atom is 0.263 e. The summed E-state index contributed by atoms with van der Waals surface area (Å²) in [6.07, 6.45) is 0. The third-order valence-corrected chi connectivity index (χ3v) is 5.13. The van der Waals surface area contributed by atoms with E-state index < -0.39 is 23.4 Å². The van der Waals surface area contributed by atoms with Crippen LogP contribution in [0.5, 0.6) is 0 Å². The van der Waals surface area contributed by atoms with Crippen LogP contribution in [0.2, 0.25) is 5.02 Å². The van der Waals surface area contributed by atoms with Gasteiger partial charge < -0.3 is 10.6 Å². The van der Waals surface area contributed by atoms with E-state index in [1.165, 1.54) is 17.4 Å². The summed E-state index contributed by atoms with van der Waals surface area (Å²) in [6.45, 7) is 1.36. The number of anilines is 1. The van der Waals surface area contributed by atoms with Gasteiger partial charge in [-0.15, -0.1) is 11.3 Å². The number of carbonyl (C=O) groups excluding carboxylic acids is 2. The van der Waals surface area contributed by atoms with Crippen LogP contribution in [0.1, 0.15) is 15.4 Å². The number of nitrogens with zero attached hydrogens (tertiary/aromatic N) is 1. The monoisotopic (exact) mass is 421 g/mol. The number of halogens is 3. The lowest BCUT2D eigenvalue weighted by Crippen LogP contribution is -2.32. The minimum Gasteiger partial charge on any atom is -0.342 e. The number of aromatic nitrogens is 1. The lowest BCUT2D eigenvalue weighted by atomic mass is 10.2. The fourth-order valence-electron chi connectivity index (χ4n) is 2.37. The summed E-state index contributed by atoms with van der Waals surface area (Å²) in [5.41, 5.74) is 1.41. The summed E-state index contributed by atoms with van der Waals surface area (Å²) in [7, 11) is 0. The largest absolute Gasteiger partial charge is 0.342 e. The molecule has 2 N–H and O–H groups in total. The Morgan fingerprint density at radius 1 is 1.14 bits per heavy atom. The van der Waals surface area contributed by atoms with Crippen molar-refractivity contribution in [3.05, 3.63) is 69.7 Å². The normalized spacial score (nSPS) is 10.6. The Morgan fingerprint density at radius 2 is 1.93 bits per heavy atom. The van der Waals surface area contributed by atoms with Gasteiger partial charge in [0.25, 0.3) is 5.91 Å². The average Bonchev–Trinajstić information content (AvgIpc) is 3.05. The first-order chi connectivity index (χ1) is 13.3. The smallest absolute Gasteiger partial charge is 0.263 e. The number of benzene rings is 2. The Morgan fingerprint density at radius 3 is 2.64 bits per heavy atom. The van der Waals surface area contributed by atoms with Gasteiger partial charge >= 0.3 is 0 Å². The third-order valence-electron chi connectivity index (χ3n) is 3.69. The van der Waals surface area contributed by atoms with Crippen LogP contribution < -0.4 is 10.6 Å². The van der Waals surface area contributed by atoms with Gasteiger partial charge in [-0.05, 0) is 31.2 Å². The zero-order valence-corrected chi connectivity index (χ0v) is 16.1. The van der Waals surface area contributed by atoms with E-state index in [-0.39, 0.29) is 12.2 Å². The SMILES string of the molecule is Cc1nc(-c2cccc(Cl)c2)sc1C(=O)NCC(=O)Nc1ccc(F)c(F)c1. The predicted octanol–water partition coefficient (Wildman–Crippen LogP) is 4.42. The van der Waals surface area contributed by atoms with E-state index in [1.807, 2.05) is 6.07 Å². The summed E-state index contributed by atoms with van der Waals surface area (Å²) in [6, 6.07) is 10.1. The van der Waals surface area contributed by atoms with E-state index in [1.54, 1.807) is 25.1 Å². The highest BCUT2D eigenvalue weighted by Crippen LogP contribution is 2.29. The van der Waals surface area contributed by atoms with Crippen molar-refractivity contribution in [1.82, 2.24) is 10.3 Å². The van der Waals surface area contributed by atoms with Crippen molar-refractivity contribution in [2.24, 2.45) is 0 Å². The number of nitrogens with one attached hydrogen (secondary N) is 2. The molecule has 9 heteroatoms. The molecule has 0 bridgehead atoms. The second kappa shape index (κ2) is 8.45. The molecular weight excluding hydrogens is 408 g/mol. The van der Waals surface area contributed by atoms with E-state index in [9.17, 15) is 18.4 Å². The van der Waals surface area contributed by atoms with Crippen molar-refractivity contribution >= 4 is 40.4 Å². The molecule has 3 aromatic rings. The van der Waals surface area contributed by atoms with E-state index in [0.29, 0.717) is 20.6 Å². The molecular formula is C19H14ClF2N3O2S. The average molecular weight is 422 g/mol. The second-order valence-electron chi connectivity index (χ2n) is 5.80. The van der Waals surface area contributed by atoms with Crippen molar-refractivity contribution in [3.8, 4) is 10.6 Å². The molecule has 2 amide bonds. The molecule has 2 aromatic carbocycles. The minimum atomic E-state index is -1.07. The molecule has 0 aliphatic rings. The highest BCUT2D eigenvalue weighted by molar-refractivity contribution is 7.17. The van der Waals surface area contributed by atoms with Crippen molar-refractivity contribution in [1.29, 1.82) is 0 Å². The Labute approximate surface area is 168 Å². The van der Waals surface area contributed by atoms with Crippen molar-refractivity contribution < 1.29 is 18.4 Å². The summed E-state index contributed by atoms with van der Waals surface area (Å²) in [5, 5.41) is 6.06. The molecule has 0 aliphatic heterocycles. The molecule has 0 aliphatic carbocycles. The van der Waals surface area contributed by atoms with Crippen LogP contribution in [0.25, 0.3) is 10.6 Å². The van der Waals surface area contributed by atoms with Crippen LogP contribution in [0.4, 0.5) is 14.5 Å². The van der Waals surface area contributed by atoms with Crippen LogP contribution in [0.3, 0.4) is 0 Å². The zero-order chi connectivity index (χ0) is 20.3. The van der Waals surface area contributed by atoms with Gasteiger partial charge in [0.05, 0.1) is 12.2 Å². The van der Waals surface area contributed by atoms with Crippen molar-refractivity contribution in [2.45, 2.75) is 6.92 Å². The van der Waals surface area contributed by atoms with Gasteiger partial charge in [-0.1, -0.05) is 23.7 Å². The Balaban J connectivity index is 1.63. The Bertz CT molecular complexity index is 1060. The highest BCUT2D eigenvalue weighted by Gasteiger charge is 2.17. The van der Waals surface area contributed by atoms with Crippen molar-refractivity contribution in [3.63, 3.8) is 0 Å². The molecule has 5 nitrogen and oxygen atoms in total. The lowest BCUT2D eigenvalue weighted by molar-refractivity contribution is -0.115. The van der Waals surface area contributed by atoms with Gasteiger partial charge in [0.2, 0.25) is 5.91 Å². The second-order valence-corrected chi connectivity index (χ2v) is 7.24. The molecule has 3 rings (SSSR count). The summed E-state index contributed by atoms with van der Waals surface area (Å²) in [4.78, 5) is 29.0. The topological polar surface area (TPSA) is 71.1 Å². The molecule has 0 atom stereocenters. The Kier molecular flexibility index (Phi) is 6.01. The van der Waals surface area contributed by atoms with E-state index >= 15 is 0 Å². The quantitative estimate of drug-likeness (QED) is 0.640. The minimum absolute atomic E-state index is 0.0929. The number of aryl methyl sites for hydroxylation is 1. The van der Waals surface area contributed by atoms with Gasteiger partial charge in [-0.3, -0.25) is 9.59 Å². The van der Waals surface area contributed by atoms with Crippen LogP contribution in [0, 0.1) is 18.6 Å². The molecule has 0 unspecified atom stereocenters. The van der Waals surface area contributed by atoms with E-state index in [2.05, 4.69) is 15.6 Å². The van der Waals surface area contributed by atoms with Gasteiger partial charge in [0, 0.05) is 22.3 Å². The van der Waals surface area contributed by atoms with E-state index in [4.69, 9.17) is 11.6 Å². The number of carbonyl (C=O) groups is 2. The number of rotatable bonds is 5. The first kappa shape index (κ1) is 19.9. The van der Waals surface area contributed by atoms with Gasteiger partial charge in [0.15, 0.2) is 11.6 Å². The highest BCUT2D eigenvalue weighted by atomic mass is 35.5. The van der Waals surface area contributed by atoms with Gasteiger partial charge in [0.1, 0.15) is 9.88 Å². The van der Waals surface area contributed by atoms with Gasteiger partial charge in [-0.25, -0.2) is 13.8 Å². The maximum atomic E-state index is 13.2. The molecule has 144 valence electrons. The van der Waals surface area contributed by atoms with Crippen LogP contribution in [-0.4, -0.2) is 23.3 Å². The standard InChI is InChI=1S/C19H14ClF2N3O2S/c1-10-17(28-19(24-10)11-3-2-4-12(20)7-11)18(27)23-9-16(26)25-13-5-6-14(21)15(22)8-13/h2-8H,9H2,1H3,(H,23,27)(H,25,26). The molecule has 0 fully saturated rings. The third kappa shape index (κ3) is 4.71. The number of hydrogen-bond acceptors (Lipinski definition) is 4. The van der Waals surface area contributed by atoms with Crippen LogP contribution >= 0.6 is 22.9 Å². The zero-order valence-electron chi connectivity index (χ0n) is 14.6. The molecule has 0 radical (unpaired) electrons. The first-order valence-electron chi connectivity index (χ1n) is 8.10. The number of thiazole rings is 1. The molecule has 1 heterocycles.